The first kappa shape index (κ1) is 19.9. The molecule has 3 aliphatic rings. The minimum atomic E-state index is -0.522. The minimum absolute atomic E-state index is 0.0621. The first-order chi connectivity index (χ1) is 14.8. The van der Waals surface area contributed by atoms with E-state index in [1.165, 1.54) is 0 Å². The number of aromatic nitrogens is 2. The molecule has 0 spiro atoms. The van der Waals surface area contributed by atoms with Gasteiger partial charge in [0.1, 0.15) is 5.82 Å². The lowest BCUT2D eigenvalue weighted by Crippen LogP contribution is -2.51. The van der Waals surface area contributed by atoms with Gasteiger partial charge in [0.05, 0.1) is 23.5 Å². The second kappa shape index (κ2) is 6.74. The van der Waals surface area contributed by atoms with Crippen LogP contribution in [0.2, 0.25) is 0 Å². The largest absolute Gasteiger partial charge is 0.362 e. The zero-order valence-electron chi connectivity index (χ0n) is 18.9. The molecule has 6 heteroatoms. The van der Waals surface area contributed by atoms with Gasteiger partial charge >= 0.3 is 0 Å². The molecule has 1 aromatic carbocycles. The number of carbonyl (C=O) groups excluding carboxylic acids is 1. The van der Waals surface area contributed by atoms with Crippen molar-refractivity contribution in [2.24, 2.45) is 22.7 Å². The van der Waals surface area contributed by atoms with Crippen LogP contribution in [0, 0.1) is 12.3 Å². The van der Waals surface area contributed by atoms with Gasteiger partial charge in [-0.2, -0.15) is 10.2 Å². The zero-order valence-corrected chi connectivity index (χ0v) is 18.9. The summed E-state index contributed by atoms with van der Waals surface area (Å²) in [4.78, 5) is 18.1. The molecular weight excluding hydrogens is 386 g/mol. The monoisotopic (exact) mass is 415 g/mol. The number of rotatable bonds is 3. The number of azo groups is 1. The fourth-order valence-electron chi connectivity index (χ4n) is 5.60. The quantitative estimate of drug-likeness (QED) is 0.770. The predicted octanol–water partition coefficient (Wildman–Crippen LogP) is 4.97. The number of allylic oxidation sites excluding steroid dienone is 2. The van der Waals surface area contributed by atoms with Crippen molar-refractivity contribution in [1.29, 1.82) is 0 Å². The van der Waals surface area contributed by atoms with Crippen molar-refractivity contribution in [2.45, 2.75) is 58.5 Å². The second-order valence-electron chi connectivity index (χ2n) is 9.75. The van der Waals surface area contributed by atoms with Gasteiger partial charge in [0, 0.05) is 35.9 Å². The van der Waals surface area contributed by atoms with E-state index >= 15 is 0 Å². The lowest BCUT2D eigenvalue weighted by Gasteiger charge is -2.47. The van der Waals surface area contributed by atoms with Crippen molar-refractivity contribution in [1.82, 2.24) is 14.9 Å². The summed E-state index contributed by atoms with van der Waals surface area (Å²) in [5.41, 5.74) is 5.71. The normalized spacial score (nSPS) is 26.4. The van der Waals surface area contributed by atoms with Crippen LogP contribution < -0.4 is 5.32 Å². The predicted molar refractivity (Wildman–Crippen MR) is 120 cm³/mol. The van der Waals surface area contributed by atoms with E-state index in [1.54, 1.807) is 0 Å². The summed E-state index contributed by atoms with van der Waals surface area (Å²) >= 11 is 0. The third-order valence-corrected chi connectivity index (χ3v) is 7.18. The Labute approximate surface area is 183 Å². The van der Waals surface area contributed by atoms with Crippen LogP contribution >= 0.6 is 0 Å². The molecule has 0 radical (unpaired) electrons. The molecule has 1 aromatic heterocycles. The molecule has 0 amide bonds. The summed E-state index contributed by atoms with van der Waals surface area (Å²) in [5, 5.41) is 12.2. The Balaban J connectivity index is 1.74. The van der Waals surface area contributed by atoms with Crippen LogP contribution in [0.3, 0.4) is 0 Å². The van der Waals surface area contributed by atoms with Crippen LogP contribution in [0.25, 0.3) is 11.3 Å². The van der Waals surface area contributed by atoms with Gasteiger partial charge in [0.2, 0.25) is 0 Å². The maximum Gasteiger partial charge on any atom is 0.164 e. The molecule has 1 unspecified atom stereocenters. The van der Waals surface area contributed by atoms with Crippen molar-refractivity contribution in [3.8, 4) is 11.3 Å². The van der Waals surface area contributed by atoms with E-state index < -0.39 is 5.41 Å². The average molecular weight is 416 g/mol. The van der Waals surface area contributed by atoms with Crippen LogP contribution in [0.5, 0.6) is 0 Å². The Bertz CT molecular complexity index is 1180. The van der Waals surface area contributed by atoms with E-state index in [0.717, 1.165) is 52.3 Å². The Kier molecular flexibility index (Phi) is 4.33. The number of Topliss-reactive ketones (excluding diaryl/α,β-unsaturated/α-hetero) is 1. The Morgan fingerprint density at radius 2 is 2.06 bits per heavy atom. The Morgan fingerprint density at radius 1 is 1.26 bits per heavy atom. The molecular formula is C25H29N5O. The van der Waals surface area contributed by atoms with Gasteiger partial charge < -0.3 is 9.88 Å². The smallest absolute Gasteiger partial charge is 0.164 e. The number of imidazole rings is 1. The summed E-state index contributed by atoms with van der Waals surface area (Å²) in [6.07, 6.45) is 5.75. The lowest BCUT2D eigenvalue weighted by atomic mass is 9.58. The number of fused-ring (bicyclic) bond motifs is 1. The summed E-state index contributed by atoms with van der Waals surface area (Å²) in [6.45, 7) is 8.50. The van der Waals surface area contributed by atoms with Crippen LogP contribution in [-0.2, 0) is 17.3 Å². The number of ketones is 1. The number of hydrogen-bond donors (Lipinski definition) is 1. The van der Waals surface area contributed by atoms with Gasteiger partial charge in [-0.05, 0) is 36.8 Å². The fourth-order valence-corrected chi connectivity index (χ4v) is 5.60. The van der Waals surface area contributed by atoms with Gasteiger partial charge in [0.15, 0.2) is 11.9 Å². The van der Waals surface area contributed by atoms with Crippen molar-refractivity contribution in [2.75, 3.05) is 0 Å². The maximum atomic E-state index is 13.6. The number of hydrogen-bond acceptors (Lipinski definition) is 5. The number of aryl methyl sites for hydroxylation is 1. The molecule has 0 saturated carbocycles. The molecule has 0 bridgehead atoms. The fraction of sp³-hybridized carbons (Fsp3) is 0.440. The first-order valence-corrected chi connectivity index (χ1v) is 11.0. The molecule has 1 aliphatic carbocycles. The van der Waals surface area contributed by atoms with Gasteiger partial charge in [-0.1, -0.05) is 39.0 Å². The Morgan fingerprint density at radius 3 is 2.77 bits per heavy atom. The van der Waals surface area contributed by atoms with E-state index in [9.17, 15) is 4.79 Å². The topological polar surface area (TPSA) is 71.6 Å². The standard InChI is InChI=1S/C25H29N5O/c1-6-25(17-9-7-8-16(10-17)20-14-26-15(2)30(20)5)18-13-27-29-23(18)28-19-11-24(3,4)12-21(31)22(19)25/h7-10,13-14,23,28H,6,11-12H2,1-5H3/t23?,25-/m1/s1. The highest BCUT2D eigenvalue weighted by Crippen LogP contribution is 2.53. The number of benzene rings is 1. The minimum Gasteiger partial charge on any atom is -0.362 e. The average Bonchev–Trinajstić information content (AvgIpc) is 3.32. The first-order valence-electron chi connectivity index (χ1n) is 11.0. The van der Waals surface area contributed by atoms with Crippen molar-refractivity contribution in [3.63, 3.8) is 0 Å². The number of carbonyl (C=O) groups is 1. The molecule has 2 aliphatic heterocycles. The highest BCUT2D eigenvalue weighted by Gasteiger charge is 2.52. The summed E-state index contributed by atoms with van der Waals surface area (Å²) in [5.74, 6) is 1.20. The molecule has 0 saturated heterocycles. The molecule has 1 N–H and O–H groups in total. The highest BCUT2D eigenvalue weighted by atomic mass is 16.1. The Hall–Kier alpha value is -3.02. The molecule has 2 aromatic rings. The van der Waals surface area contributed by atoms with Crippen molar-refractivity contribution in [3.05, 3.63) is 64.9 Å². The van der Waals surface area contributed by atoms with Crippen molar-refractivity contribution >= 4 is 5.78 Å². The van der Waals surface area contributed by atoms with Gasteiger partial charge in [0.25, 0.3) is 0 Å². The third kappa shape index (κ3) is 2.84. The molecule has 2 atom stereocenters. The molecule has 0 fully saturated rings. The van der Waals surface area contributed by atoms with Crippen LogP contribution in [0.4, 0.5) is 0 Å². The summed E-state index contributed by atoms with van der Waals surface area (Å²) in [6, 6.07) is 8.57. The van der Waals surface area contributed by atoms with Crippen LogP contribution in [0.1, 0.15) is 51.4 Å². The van der Waals surface area contributed by atoms with Crippen LogP contribution in [-0.4, -0.2) is 21.5 Å². The second-order valence-corrected chi connectivity index (χ2v) is 9.75. The number of nitrogens with one attached hydrogen (secondary N) is 1. The molecule has 3 heterocycles. The van der Waals surface area contributed by atoms with Gasteiger partial charge in [-0.3, -0.25) is 4.79 Å². The summed E-state index contributed by atoms with van der Waals surface area (Å²) < 4.78 is 2.10. The van der Waals surface area contributed by atoms with E-state index in [1.807, 2.05) is 26.4 Å². The van der Waals surface area contributed by atoms with E-state index in [4.69, 9.17) is 0 Å². The number of nitrogens with zero attached hydrogens (tertiary/aromatic N) is 4. The summed E-state index contributed by atoms with van der Waals surface area (Å²) in [7, 11) is 2.03. The molecule has 31 heavy (non-hydrogen) atoms. The van der Waals surface area contributed by atoms with E-state index in [2.05, 4.69) is 70.1 Å². The molecule has 6 nitrogen and oxygen atoms in total. The van der Waals surface area contributed by atoms with E-state index in [0.29, 0.717) is 6.42 Å². The SMILES string of the molecule is CC[C@@]1(c2cccc(-c3cnc(C)n3C)c2)C2=CN=NC2NC2=C1C(=O)CC(C)(C)C2. The molecule has 5 rings (SSSR count). The van der Waals surface area contributed by atoms with E-state index in [-0.39, 0.29) is 17.4 Å². The third-order valence-electron chi connectivity index (χ3n) is 7.18. The van der Waals surface area contributed by atoms with Gasteiger partial charge in [-0.25, -0.2) is 4.98 Å². The zero-order chi connectivity index (χ0) is 22.0. The van der Waals surface area contributed by atoms with Gasteiger partial charge in [-0.15, -0.1) is 0 Å². The van der Waals surface area contributed by atoms with Crippen molar-refractivity contribution < 1.29 is 4.79 Å². The lowest BCUT2D eigenvalue weighted by molar-refractivity contribution is -0.119. The highest BCUT2D eigenvalue weighted by molar-refractivity contribution is 6.01. The van der Waals surface area contributed by atoms with Crippen LogP contribution in [0.15, 0.2) is 63.7 Å². The maximum absolute atomic E-state index is 13.6. The molecule has 160 valence electrons.